The smallest absolute Gasteiger partial charge is 0.335 e. The van der Waals surface area contributed by atoms with E-state index in [4.69, 9.17) is 9.84 Å². The number of benzene rings is 2. The normalized spacial score (nSPS) is 10.5. The first-order chi connectivity index (χ1) is 9.90. The molecule has 0 radical (unpaired) electrons. The van der Waals surface area contributed by atoms with Crippen molar-refractivity contribution in [3.8, 4) is 5.75 Å². The minimum atomic E-state index is -1.15. The highest BCUT2D eigenvalue weighted by atomic mass is 19.1. The molecule has 0 saturated carbocycles. The fourth-order valence-electron chi connectivity index (χ4n) is 2.09. The van der Waals surface area contributed by atoms with Crippen LogP contribution in [0.1, 0.15) is 32.6 Å². The molecule has 0 amide bonds. The zero-order valence-corrected chi connectivity index (χ0v) is 12.2. The van der Waals surface area contributed by atoms with Crippen molar-refractivity contribution in [2.24, 2.45) is 0 Å². The third kappa shape index (κ3) is 3.21. The molecule has 0 heterocycles. The van der Waals surface area contributed by atoms with E-state index in [0.29, 0.717) is 5.56 Å². The molecule has 0 aromatic heterocycles. The second kappa shape index (κ2) is 5.95. The van der Waals surface area contributed by atoms with Gasteiger partial charge in [-0.25, -0.2) is 9.18 Å². The third-order valence-electron chi connectivity index (χ3n) is 3.55. The molecule has 110 valence electrons. The van der Waals surface area contributed by atoms with E-state index < -0.39 is 11.8 Å². The van der Waals surface area contributed by atoms with E-state index in [1.165, 1.54) is 12.1 Å². The van der Waals surface area contributed by atoms with Gasteiger partial charge in [0.2, 0.25) is 0 Å². The van der Waals surface area contributed by atoms with Crippen LogP contribution in [0.3, 0.4) is 0 Å². The minimum Gasteiger partial charge on any atom is -0.488 e. The molecule has 0 bridgehead atoms. The van der Waals surface area contributed by atoms with Gasteiger partial charge in [-0.1, -0.05) is 18.2 Å². The number of aromatic carboxylic acids is 1. The Balaban J connectivity index is 2.21. The Labute approximate surface area is 123 Å². The van der Waals surface area contributed by atoms with Crippen LogP contribution < -0.4 is 4.74 Å². The van der Waals surface area contributed by atoms with E-state index in [9.17, 15) is 9.18 Å². The molecular formula is C17H17FO3. The Hall–Kier alpha value is -2.36. The van der Waals surface area contributed by atoms with Gasteiger partial charge in [0.1, 0.15) is 18.2 Å². The number of hydrogen-bond donors (Lipinski definition) is 1. The molecule has 0 aliphatic rings. The lowest BCUT2D eigenvalue weighted by Gasteiger charge is -2.14. The number of carboxylic acids is 1. The van der Waals surface area contributed by atoms with Crippen LogP contribution in [0.25, 0.3) is 0 Å². The summed E-state index contributed by atoms with van der Waals surface area (Å²) in [5.41, 5.74) is 3.38. The molecule has 3 nitrogen and oxygen atoms in total. The Kier molecular flexibility index (Phi) is 4.26. The van der Waals surface area contributed by atoms with Crippen molar-refractivity contribution in [1.29, 1.82) is 0 Å². The standard InChI is InChI=1S/C17H17FO3/c1-10-4-5-11(2)16(12(10)3)21-9-14-7-6-13(17(19)20)8-15(14)18/h4-8H,9H2,1-3H3,(H,19,20). The maximum absolute atomic E-state index is 13.9. The van der Waals surface area contributed by atoms with Crippen molar-refractivity contribution in [1.82, 2.24) is 0 Å². The van der Waals surface area contributed by atoms with Gasteiger partial charge in [-0.15, -0.1) is 0 Å². The highest BCUT2D eigenvalue weighted by molar-refractivity contribution is 5.87. The minimum absolute atomic E-state index is 0.0663. The molecule has 2 aromatic rings. The summed E-state index contributed by atoms with van der Waals surface area (Å²) in [5, 5.41) is 8.81. The number of ether oxygens (including phenoxy) is 1. The summed E-state index contributed by atoms with van der Waals surface area (Å²) < 4.78 is 19.6. The van der Waals surface area contributed by atoms with Gasteiger partial charge in [-0.2, -0.15) is 0 Å². The fraction of sp³-hybridized carbons (Fsp3) is 0.235. The van der Waals surface area contributed by atoms with Crippen LogP contribution in [0.4, 0.5) is 4.39 Å². The number of carbonyl (C=O) groups is 1. The first-order valence-corrected chi connectivity index (χ1v) is 6.61. The van der Waals surface area contributed by atoms with Gasteiger partial charge in [0.05, 0.1) is 5.56 Å². The summed E-state index contributed by atoms with van der Waals surface area (Å²) in [6.45, 7) is 5.95. The lowest BCUT2D eigenvalue weighted by atomic mass is 10.1. The molecule has 0 unspecified atom stereocenters. The number of halogens is 1. The second-order valence-corrected chi connectivity index (χ2v) is 5.05. The Morgan fingerprint density at radius 2 is 1.81 bits per heavy atom. The highest BCUT2D eigenvalue weighted by Gasteiger charge is 2.11. The number of rotatable bonds is 4. The summed E-state index contributed by atoms with van der Waals surface area (Å²) in [6, 6.07) is 7.80. The van der Waals surface area contributed by atoms with Crippen LogP contribution in [0.5, 0.6) is 5.75 Å². The average Bonchev–Trinajstić information content (AvgIpc) is 2.44. The van der Waals surface area contributed by atoms with Crippen molar-refractivity contribution < 1.29 is 19.0 Å². The topological polar surface area (TPSA) is 46.5 Å². The predicted octanol–water partition coefficient (Wildman–Crippen LogP) is 4.03. The summed E-state index contributed by atoms with van der Waals surface area (Å²) >= 11 is 0. The third-order valence-corrected chi connectivity index (χ3v) is 3.55. The first kappa shape index (κ1) is 15.0. The van der Waals surface area contributed by atoms with Crippen molar-refractivity contribution >= 4 is 5.97 Å². The molecule has 0 aliphatic heterocycles. The van der Waals surface area contributed by atoms with Gasteiger partial charge in [-0.05, 0) is 49.6 Å². The molecule has 0 atom stereocenters. The van der Waals surface area contributed by atoms with Crippen LogP contribution in [-0.2, 0) is 6.61 Å². The Bertz CT molecular complexity index is 693. The number of carboxylic acid groups (broad SMARTS) is 1. The second-order valence-electron chi connectivity index (χ2n) is 5.05. The van der Waals surface area contributed by atoms with Gasteiger partial charge < -0.3 is 9.84 Å². The molecule has 2 aromatic carbocycles. The van der Waals surface area contributed by atoms with Gasteiger partial charge in [-0.3, -0.25) is 0 Å². The molecule has 0 spiro atoms. The van der Waals surface area contributed by atoms with Crippen LogP contribution >= 0.6 is 0 Å². The number of aryl methyl sites for hydroxylation is 2. The molecule has 1 N–H and O–H groups in total. The van der Waals surface area contributed by atoms with Gasteiger partial charge in [0, 0.05) is 5.56 Å². The molecular weight excluding hydrogens is 271 g/mol. The maximum Gasteiger partial charge on any atom is 0.335 e. The lowest BCUT2D eigenvalue weighted by molar-refractivity contribution is 0.0696. The zero-order chi connectivity index (χ0) is 15.6. The molecule has 2 rings (SSSR count). The van der Waals surface area contributed by atoms with Gasteiger partial charge >= 0.3 is 5.97 Å². The SMILES string of the molecule is Cc1ccc(C)c(OCc2ccc(C(=O)O)cc2F)c1C. The lowest BCUT2D eigenvalue weighted by Crippen LogP contribution is -2.04. The molecule has 0 saturated heterocycles. The van der Waals surface area contributed by atoms with E-state index in [1.807, 2.05) is 32.9 Å². The summed E-state index contributed by atoms with van der Waals surface area (Å²) in [4.78, 5) is 10.8. The van der Waals surface area contributed by atoms with Crippen molar-refractivity contribution in [3.63, 3.8) is 0 Å². The van der Waals surface area contributed by atoms with Crippen LogP contribution in [-0.4, -0.2) is 11.1 Å². The largest absolute Gasteiger partial charge is 0.488 e. The number of hydrogen-bond acceptors (Lipinski definition) is 2. The molecule has 0 fully saturated rings. The Morgan fingerprint density at radius 3 is 2.43 bits per heavy atom. The first-order valence-electron chi connectivity index (χ1n) is 6.61. The molecule has 0 aliphatic carbocycles. The van der Waals surface area contributed by atoms with Crippen molar-refractivity contribution in [2.45, 2.75) is 27.4 Å². The van der Waals surface area contributed by atoms with E-state index in [2.05, 4.69) is 0 Å². The fourth-order valence-corrected chi connectivity index (χ4v) is 2.09. The zero-order valence-electron chi connectivity index (χ0n) is 12.2. The van der Waals surface area contributed by atoms with Crippen molar-refractivity contribution in [3.05, 3.63) is 64.0 Å². The van der Waals surface area contributed by atoms with Gasteiger partial charge in [0.15, 0.2) is 0 Å². The average molecular weight is 288 g/mol. The van der Waals surface area contributed by atoms with E-state index in [-0.39, 0.29) is 12.2 Å². The highest BCUT2D eigenvalue weighted by Crippen LogP contribution is 2.27. The van der Waals surface area contributed by atoms with Gasteiger partial charge in [0.25, 0.3) is 0 Å². The quantitative estimate of drug-likeness (QED) is 0.924. The van der Waals surface area contributed by atoms with Crippen LogP contribution in [0.15, 0.2) is 30.3 Å². The maximum atomic E-state index is 13.9. The van der Waals surface area contributed by atoms with E-state index >= 15 is 0 Å². The summed E-state index contributed by atoms with van der Waals surface area (Å²) in [7, 11) is 0. The van der Waals surface area contributed by atoms with E-state index in [1.54, 1.807) is 0 Å². The predicted molar refractivity (Wildman–Crippen MR) is 78.3 cm³/mol. The summed E-state index contributed by atoms with van der Waals surface area (Å²) in [6.07, 6.45) is 0. The monoisotopic (exact) mass is 288 g/mol. The van der Waals surface area contributed by atoms with Crippen LogP contribution in [0, 0.1) is 26.6 Å². The molecule has 21 heavy (non-hydrogen) atoms. The Morgan fingerprint density at radius 1 is 1.14 bits per heavy atom. The van der Waals surface area contributed by atoms with E-state index in [0.717, 1.165) is 28.5 Å². The van der Waals surface area contributed by atoms with Crippen LogP contribution in [0.2, 0.25) is 0 Å². The molecule has 4 heteroatoms. The summed E-state index contributed by atoms with van der Waals surface area (Å²) in [5.74, 6) is -0.971. The van der Waals surface area contributed by atoms with Crippen molar-refractivity contribution in [2.75, 3.05) is 0 Å².